The molecule has 1 N–H and O–H groups in total. The molecule has 3 rings (SSSR count). The van der Waals surface area contributed by atoms with Crippen LogP contribution in [-0.4, -0.2) is 10.2 Å². The van der Waals surface area contributed by atoms with Gasteiger partial charge in [0.2, 0.25) is 0 Å². The zero-order valence-electron chi connectivity index (χ0n) is 13.5. The van der Waals surface area contributed by atoms with Crippen LogP contribution in [0.4, 0.5) is 13.2 Å². The summed E-state index contributed by atoms with van der Waals surface area (Å²) in [5.41, 5.74) is 0.315. The highest BCUT2D eigenvalue weighted by Crippen LogP contribution is 2.32. The predicted molar refractivity (Wildman–Crippen MR) is 104 cm³/mol. The second-order valence-corrected chi connectivity index (χ2v) is 7.65. The lowest BCUT2D eigenvalue weighted by molar-refractivity contribution is -0.137. The van der Waals surface area contributed by atoms with Crippen molar-refractivity contribution >= 4 is 51.9 Å². The zero-order chi connectivity index (χ0) is 19.6. The van der Waals surface area contributed by atoms with Gasteiger partial charge in [-0.15, -0.1) is 0 Å². The first kappa shape index (κ1) is 19.7. The Bertz CT molecular complexity index is 944. The van der Waals surface area contributed by atoms with Crippen molar-refractivity contribution in [3.8, 4) is 5.75 Å². The Morgan fingerprint density at radius 2 is 2.00 bits per heavy atom. The summed E-state index contributed by atoms with van der Waals surface area (Å²) >= 11 is 12.3. The van der Waals surface area contributed by atoms with E-state index in [1.807, 2.05) is 0 Å². The first-order chi connectivity index (χ1) is 12.7. The molecular weight excluding hydrogens is 419 g/mol. The number of nitrogens with one attached hydrogen (secondary N) is 1. The van der Waals surface area contributed by atoms with Crippen molar-refractivity contribution in [3.05, 3.63) is 69.1 Å². The van der Waals surface area contributed by atoms with E-state index in [9.17, 15) is 18.0 Å². The van der Waals surface area contributed by atoms with Crippen molar-refractivity contribution in [2.75, 3.05) is 0 Å². The molecule has 2 aromatic carbocycles. The van der Waals surface area contributed by atoms with Crippen LogP contribution in [0.15, 0.2) is 47.4 Å². The number of hydrogen-bond donors (Lipinski definition) is 1. The molecule has 0 radical (unpaired) electrons. The minimum Gasteiger partial charge on any atom is -0.487 e. The molecule has 1 aliphatic rings. The van der Waals surface area contributed by atoms with Crippen LogP contribution in [0.3, 0.4) is 0 Å². The van der Waals surface area contributed by atoms with Crippen LogP contribution in [0, 0.1) is 0 Å². The number of thioether (sulfide) groups is 1. The Balaban J connectivity index is 1.71. The van der Waals surface area contributed by atoms with Gasteiger partial charge in [-0.1, -0.05) is 53.8 Å². The van der Waals surface area contributed by atoms with E-state index in [2.05, 4.69) is 5.32 Å². The number of rotatable bonds is 4. The Morgan fingerprint density at radius 1 is 1.22 bits per heavy atom. The lowest BCUT2D eigenvalue weighted by atomic mass is 10.1. The summed E-state index contributed by atoms with van der Waals surface area (Å²) in [5.74, 6) is 0.0567. The first-order valence-electron chi connectivity index (χ1n) is 7.56. The van der Waals surface area contributed by atoms with Crippen LogP contribution in [0.5, 0.6) is 5.75 Å². The molecular formula is C18H11ClF3NO2S2. The van der Waals surface area contributed by atoms with Crippen molar-refractivity contribution in [3.63, 3.8) is 0 Å². The van der Waals surface area contributed by atoms with Gasteiger partial charge >= 0.3 is 6.18 Å². The molecule has 0 saturated carbocycles. The van der Waals surface area contributed by atoms with Crippen LogP contribution in [0.2, 0.25) is 5.02 Å². The van der Waals surface area contributed by atoms with Gasteiger partial charge in [-0.05, 0) is 41.5 Å². The van der Waals surface area contributed by atoms with E-state index in [1.165, 1.54) is 6.07 Å². The number of halogens is 4. The average molecular weight is 430 g/mol. The van der Waals surface area contributed by atoms with E-state index in [-0.39, 0.29) is 17.5 Å². The Hall–Kier alpha value is -2.03. The molecule has 1 aliphatic heterocycles. The zero-order valence-corrected chi connectivity index (χ0v) is 15.9. The molecule has 2 aromatic rings. The van der Waals surface area contributed by atoms with Crippen molar-refractivity contribution in [2.24, 2.45) is 0 Å². The summed E-state index contributed by atoms with van der Waals surface area (Å²) in [7, 11) is 0. The van der Waals surface area contributed by atoms with Gasteiger partial charge in [-0.2, -0.15) is 13.2 Å². The summed E-state index contributed by atoms with van der Waals surface area (Å²) in [6.45, 7) is -0.0589. The van der Waals surface area contributed by atoms with Crippen molar-refractivity contribution in [2.45, 2.75) is 12.8 Å². The molecule has 140 valence electrons. The predicted octanol–water partition coefficient (Wildman–Crippen LogP) is 5.43. The molecule has 0 bridgehead atoms. The molecule has 9 heteroatoms. The summed E-state index contributed by atoms with van der Waals surface area (Å²) in [6, 6.07) is 9.79. The standard InChI is InChI=1S/C18H11ClF3NO2S2/c19-13-7-10(8-15-16(24)23-17(26)27-15)4-5-14(13)25-9-11-2-1-3-12(6-11)18(20,21)22/h1-8H,9H2,(H,23,24,26). The summed E-state index contributed by atoms with van der Waals surface area (Å²) in [5, 5.41) is 2.80. The molecule has 0 unspecified atom stereocenters. The molecule has 1 fully saturated rings. The largest absolute Gasteiger partial charge is 0.487 e. The Labute approximate surface area is 167 Å². The third-order valence-electron chi connectivity index (χ3n) is 3.54. The van der Waals surface area contributed by atoms with E-state index in [1.54, 1.807) is 30.3 Å². The van der Waals surface area contributed by atoms with Crippen LogP contribution < -0.4 is 10.1 Å². The van der Waals surface area contributed by atoms with Gasteiger partial charge in [0.05, 0.1) is 15.5 Å². The maximum atomic E-state index is 12.8. The third-order valence-corrected chi connectivity index (χ3v) is 5.00. The van der Waals surface area contributed by atoms with Gasteiger partial charge in [0.1, 0.15) is 16.7 Å². The van der Waals surface area contributed by atoms with E-state index in [0.29, 0.717) is 26.1 Å². The van der Waals surface area contributed by atoms with Crippen LogP contribution in [0.1, 0.15) is 16.7 Å². The molecule has 1 heterocycles. The molecule has 0 atom stereocenters. The van der Waals surface area contributed by atoms with E-state index in [4.69, 9.17) is 28.6 Å². The molecule has 0 aromatic heterocycles. The van der Waals surface area contributed by atoms with Gasteiger partial charge in [-0.25, -0.2) is 0 Å². The number of carbonyl (C=O) groups is 1. The van der Waals surface area contributed by atoms with Crippen molar-refractivity contribution in [1.82, 2.24) is 5.32 Å². The van der Waals surface area contributed by atoms with Crippen LogP contribution in [-0.2, 0) is 17.6 Å². The normalized spacial score (nSPS) is 15.9. The molecule has 1 saturated heterocycles. The van der Waals surface area contributed by atoms with Gasteiger partial charge in [0, 0.05) is 0 Å². The summed E-state index contributed by atoms with van der Waals surface area (Å²) < 4.78 is 44.2. The van der Waals surface area contributed by atoms with E-state index >= 15 is 0 Å². The number of benzene rings is 2. The fourth-order valence-corrected chi connectivity index (χ4v) is 3.58. The minimum atomic E-state index is -4.41. The Morgan fingerprint density at radius 3 is 2.63 bits per heavy atom. The number of hydrogen-bond acceptors (Lipinski definition) is 4. The van der Waals surface area contributed by atoms with Crippen molar-refractivity contribution < 1.29 is 22.7 Å². The number of ether oxygens (including phenoxy) is 1. The maximum Gasteiger partial charge on any atom is 0.416 e. The highest BCUT2D eigenvalue weighted by Gasteiger charge is 2.30. The molecule has 3 nitrogen and oxygen atoms in total. The highest BCUT2D eigenvalue weighted by atomic mass is 35.5. The summed E-state index contributed by atoms with van der Waals surface area (Å²) in [4.78, 5) is 12.1. The number of carbonyl (C=O) groups excluding carboxylic acids is 1. The maximum absolute atomic E-state index is 12.8. The second kappa shape index (κ2) is 7.92. The molecule has 1 amide bonds. The van der Waals surface area contributed by atoms with Crippen molar-refractivity contribution in [1.29, 1.82) is 0 Å². The average Bonchev–Trinajstić information content (AvgIpc) is 2.91. The topological polar surface area (TPSA) is 38.3 Å². The van der Waals surface area contributed by atoms with Gasteiger partial charge in [0.25, 0.3) is 5.91 Å². The first-order valence-corrected chi connectivity index (χ1v) is 9.16. The lowest BCUT2D eigenvalue weighted by Crippen LogP contribution is -2.17. The van der Waals surface area contributed by atoms with Crippen LogP contribution in [0.25, 0.3) is 6.08 Å². The van der Waals surface area contributed by atoms with Crippen LogP contribution >= 0.6 is 35.6 Å². The van der Waals surface area contributed by atoms with E-state index in [0.717, 1.165) is 23.9 Å². The number of alkyl halides is 3. The summed E-state index contributed by atoms with van der Waals surface area (Å²) in [6.07, 6.45) is -2.77. The molecule has 0 aliphatic carbocycles. The fraction of sp³-hybridized carbons (Fsp3) is 0.111. The van der Waals surface area contributed by atoms with E-state index < -0.39 is 11.7 Å². The molecule has 0 spiro atoms. The third kappa shape index (κ3) is 5.03. The van der Waals surface area contributed by atoms with Gasteiger partial charge in [0.15, 0.2) is 0 Å². The van der Waals surface area contributed by atoms with Gasteiger partial charge in [-0.3, -0.25) is 4.79 Å². The second-order valence-electron chi connectivity index (χ2n) is 5.53. The number of amides is 1. The lowest BCUT2D eigenvalue weighted by Gasteiger charge is -2.11. The quantitative estimate of drug-likeness (QED) is 0.519. The smallest absolute Gasteiger partial charge is 0.416 e. The minimum absolute atomic E-state index is 0.0589. The molecule has 27 heavy (non-hydrogen) atoms. The monoisotopic (exact) mass is 429 g/mol. The highest BCUT2D eigenvalue weighted by molar-refractivity contribution is 8.26. The van der Waals surface area contributed by atoms with Gasteiger partial charge < -0.3 is 10.1 Å². The number of thiocarbonyl (C=S) groups is 1. The Kier molecular flexibility index (Phi) is 5.78. The SMILES string of the molecule is O=C1NC(=S)SC1=Cc1ccc(OCc2cccc(C(F)(F)F)c2)c(Cl)c1. The fourth-order valence-electron chi connectivity index (χ4n) is 2.29.